The summed E-state index contributed by atoms with van der Waals surface area (Å²) in [6.45, 7) is 6.06. The van der Waals surface area contributed by atoms with E-state index in [1.165, 1.54) is 12.8 Å². The van der Waals surface area contributed by atoms with Crippen molar-refractivity contribution in [2.24, 2.45) is 11.8 Å². The standard InChI is InChI=1S/C24H37ClN2O2S/c1-17(2)18-8-12-21(13-9-18)29-15-23-22(26-16-30-3)5-4-14-27(23)24(28)19-6-10-20(25)11-7-19/h6-7,10-11,17-18,21-23,26H,4-5,8-9,12-16H2,1-3H3/t18-,21+,22-,23-/m0/s1. The summed E-state index contributed by atoms with van der Waals surface area (Å²) in [5, 5.41) is 4.30. The Bertz CT molecular complexity index is 662. The third-order valence-electron chi connectivity index (χ3n) is 6.79. The normalized spacial score (nSPS) is 27.4. The molecule has 2 fully saturated rings. The molecule has 0 unspecified atom stereocenters. The summed E-state index contributed by atoms with van der Waals surface area (Å²) >= 11 is 7.80. The SMILES string of the molecule is CSCN[C@H]1CCCN(C(=O)c2ccc(Cl)cc2)[C@H]1CO[C@H]1CC[C@@H](C(C)C)CC1. The summed E-state index contributed by atoms with van der Waals surface area (Å²) in [4.78, 5) is 15.3. The molecule has 0 spiro atoms. The molecule has 168 valence electrons. The minimum Gasteiger partial charge on any atom is -0.376 e. The average molecular weight is 453 g/mol. The molecule has 1 N–H and O–H groups in total. The second-order valence-corrected chi connectivity index (χ2v) is 10.4. The van der Waals surface area contributed by atoms with Crippen molar-refractivity contribution in [3.05, 3.63) is 34.9 Å². The molecule has 1 amide bonds. The van der Waals surface area contributed by atoms with Crippen molar-refractivity contribution in [1.82, 2.24) is 10.2 Å². The molecule has 0 aromatic heterocycles. The van der Waals surface area contributed by atoms with Crippen LogP contribution in [0.2, 0.25) is 5.02 Å². The maximum atomic E-state index is 13.3. The topological polar surface area (TPSA) is 41.6 Å². The number of piperidine rings is 1. The van der Waals surface area contributed by atoms with Crippen LogP contribution in [0, 0.1) is 11.8 Å². The van der Waals surface area contributed by atoms with Crippen LogP contribution in [0.15, 0.2) is 24.3 Å². The minimum absolute atomic E-state index is 0.0666. The average Bonchev–Trinajstić information content (AvgIpc) is 2.76. The van der Waals surface area contributed by atoms with Crippen molar-refractivity contribution in [2.75, 3.05) is 25.3 Å². The van der Waals surface area contributed by atoms with E-state index in [2.05, 4.69) is 25.4 Å². The van der Waals surface area contributed by atoms with Gasteiger partial charge >= 0.3 is 0 Å². The molecule has 2 atom stereocenters. The van der Waals surface area contributed by atoms with E-state index in [9.17, 15) is 4.79 Å². The Labute approximate surface area is 191 Å². The largest absolute Gasteiger partial charge is 0.376 e. The van der Waals surface area contributed by atoms with Gasteiger partial charge in [0.2, 0.25) is 0 Å². The number of carbonyl (C=O) groups excluding carboxylic acids is 1. The third kappa shape index (κ3) is 6.38. The Morgan fingerprint density at radius 2 is 1.90 bits per heavy atom. The maximum Gasteiger partial charge on any atom is 0.254 e. The summed E-state index contributed by atoms with van der Waals surface area (Å²) in [7, 11) is 0. The fourth-order valence-electron chi connectivity index (χ4n) is 4.86. The number of nitrogens with one attached hydrogen (secondary N) is 1. The maximum absolute atomic E-state index is 13.3. The first-order chi connectivity index (χ1) is 14.5. The molecular weight excluding hydrogens is 416 g/mol. The summed E-state index contributed by atoms with van der Waals surface area (Å²) in [5.41, 5.74) is 0.701. The second-order valence-electron chi connectivity index (χ2n) is 9.07. The first-order valence-electron chi connectivity index (χ1n) is 11.4. The molecule has 1 heterocycles. The van der Waals surface area contributed by atoms with Crippen LogP contribution in [0.25, 0.3) is 0 Å². The van der Waals surface area contributed by atoms with Crippen LogP contribution in [-0.4, -0.2) is 54.3 Å². The number of carbonyl (C=O) groups is 1. The van der Waals surface area contributed by atoms with E-state index in [1.54, 1.807) is 23.9 Å². The van der Waals surface area contributed by atoms with Crippen molar-refractivity contribution in [3.63, 3.8) is 0 Å². The molecule has 1 saturated heterocycles. The zero-order valence-corrected chi connectivity index (χ0v) is 20.2. The number of nitrogens with zero attached hydrogens (tertiary/aromatic N) is 1. The van der Waals surface area contributed by atoms with Gasteiger partial charge in [-0.2, -0.15) is 0 Å². The van der Waals surface area contributed by atoms with Gasteiger partial charge in [-0.25, -0.2) is 0 Å². The van der Waals surface area contributed by atoms with Crippen LogP contribution >= 0.6 is 23.4 Å². The van der Waals surface area contributed by atoms with E-state index in [0.29, 0.717) is 23.3 Å². The molecule has 1 saturated carbocycles. The minimum atomic E-state index is 0.0666. The smallest absolute Gasteiger partial charge is 0.254 e. The quantitative estimate of drug-likeness (QED) is 0.532. The van der Waals surface area contributed by atoms with Crippen LogP contribution in [-0.2, 0) is 4.74 Å². The van der Waals surface area contributed by atoms with Gasteiger partial charge in [0.1, 0.15) is 0 Å². The molecule has 1 aliphatic heterocycles. The first-order valence-corrected chi connectivity index (χ1v) is 13.2. The number of likely N-dealkylation sites (tertiary alicyclic amines) is 1. The van der Waals surface area contributed by atoms with Gasteiger partial charge in [0.05, 0.1) is 18.8 Å². The Morgan fingerprint density at radius 1 is 1.20 bits per heavy atom. The van der Waals surface area contributed by atoms with E-state index in [4.69, 9.17) is 16.3 Å². The van der Waals surface area contributed by atoms with E-state index in [-0.39, 0.29) is 18.0 Å². The molecule has 1 aromatic rings. The highest BCUT2D eigenvalue weighted by molar-refractivity contribution is 7.98. The van der Waals surface area contributed by atoms with Crippen molar-refractivity contribution in [2.45, 2.75) is 70.6 Å². The lowest BCUT2D eigenvalue weighted by molar-refractivity contribution is -0.0297. The van der Waals surface area contributed by atoms with Gasteiger partial charge in [-0.15, -0.1) is 11.8 Å². The van der Waals surface area contributed by atoms with Gasteiger partial charge in [-0.3, -0.25) is 4.79 Å². The Hall–Kier alpha value is -0.750. The van der Waals surface area contributed by atoms with Crippen LogP contribution in [0.3, 0.4) is 0 Å². The molecule has 0 radical (unpaired) electrons. The lowest BCUT2D eigenvalue weighted by Gasteiger charge is -2.42. The van der Waals surface area contributed by atoms with Crippen molar-refractivity contribution in [1.29, 1.82) is 0 Å². The summed E-state index contributed by atoms with van der Waals surface area (Å²) in [5.74, 6) is 2.57. The van der Waals surface area contributed by atoms with E-state index < -0.39 is 0 Å². The molecule has 4 nitrogen and oxygen atoms in total. The van der Waals surface area contributed by atoms with Gasteiger partial charge in [0.15, 0.2) is 0 Å². The molecule has 1 aromatic carbocycles. The van der Waals surface area contributed by atoms with Crippen LogP contribution in [0.5, 0.6) is 0 Å². The van der Waals surface area contributed by atoms with Gasteiger partial charge in [0.25, 0.3) is 5.91 Å². The number of thioether (sulfide) groups is 1. The monoisotopic (exact) mass is 452 g/mol. The Morgan fingerprint density at radius 3 is 2.53 bits per heavy atom. The van der Waals surface area contributed by atoms with E-state index in [1.807, 2.05) is 17.0 Å². The van der Waals surface area contributed by atoms with Crippen molar-refractivity contribution >= 4 is 29.3 Å². The Kier molecular flexibility index (Phi) is 9.36. The highest BCUT2D eigenvalue weighted by atomic mass is 35.5. The summed E-state index contributed by atoms with van der Waals surface area (Å²) in [6, 6.07) is 7.58. The van der Waals surface area contributed by atoms with Crippen LogP contribution < -0.4 is 5.32 Å². The third-order valence-corrected chi connectivity index (χ3v) is 7.49. The van der Waals surface area contributed by atoms with Gasteiger partial charge in [-0.05, 0) is 80.9 Å². The van der Waals surface area contributed by atoms with Crippen LogP contribution in [0.1, 0.15) is 62.7 Å². The van der Waals surface area contributed by atoms with Crippen LogP contribution in [0.4, 0.5) is 0 Å². The number of hydrogen-bond acceptors (Lipinski definition) is 4. The van der Waals surface area contributed by atoms with Crippen molar-refractivity contribution in [3.8, 4) is 0 Å². The highest BCUT2D eigenvalue weighted by Crippen LogP contribution is 2.32. The molecule has 6 heteroatoms. The van der Waals surface area contributed by atoms with Gasteiger partial charge < -0.3 is 15.0 Å². The first kappa shape index (κ1) is 23.9. The highest BCUT2D eigenvalue weighted by Gasteiger charge is 2.35. The molecule has 3 rings (SSSR count). The molecule has 1 aliphatic carbocycles. The van der Waals surface area contributed by atoms with E-state index in [0.717, 1.165) is 49.9 Å². The second kappa shape index (κ2) is 11.8. The van der Waals surface area contributed by atoms with Crippen molar-refractivity contribution < 1.29 is 9.53 Å². The number of rotatable bonds is 8. The van der Waals surface area contributed by atoms with Gasteiger partial charge in [-0.1, -0.05) is 25.4 Å². The summed E-state index contributed by atoms with van der Waals surface area (Å²) < 4.78 is 6.43. The molecule has 2 aliphatic rings. The molecule has 30 heavy (non-hydrogen) atoms. The molecule has 0 bridgehead atoms. The lowest BCUT2D eigenvalue weighted by Crippen LogP contribution is -2.58. The van der Waals surface area contributed by atoms with E-state index >= 15 is 0 Å². The number of ether oxygens (including phenoxy) is 1. The number of benzene rings is 1. The number of amides is 1. The number of halogens is 1. The van der Waals surface area contributed by atoms with Gasteiger partial charge in [0, 0.05) is 29.0 Å². The zero-order valence-electron chi connectivity index (χ0n) is 18.6. The summed E-state index contributed by atoms with van der Waals surface area (Å²) in [6.07, 6.45) is 9.33. The zero-order chi connectivity index (χ0) is 21.5. The fourth-order valence-corrected chi connectivity index (χ4v) is 5.37. The predicted molar refractivity (Wildman–Crippen MR) is 127 cm³/mol. The lowest BCUT2D eigenvalue weighted by atomic mass is 9.80. The predicted octanol–water partition coefficient (Wildman–Crippen LogP) is 5.45. The fraction of sp³-hybridized carbons (Fsp3) is 0.708. The number of hydrogen-bond donors (Lipinski definition) is 1. The Balaban J connectivity index is 1.66. The molecular formula is C24H37ClN2O2S.